The molecule has 0 heterocycles. The van der Waals surface area contributed by atoms with E-state index in [-0.39, 0.29) is 18.3 Å². The molecular formula is C15H23FN2O2. The van der Waals surface area contributed by atoms with Gasteiger partial charge in [-0.1, -0.05) is 19.1 Å². The van der Waals surface area contributed by atoms with Gasteiger partial charge in [0.05, 0.1) is 6.61 Å². The standard InChI is InChI=1S/C15H23FN2O2/c1-4-9-18(10-11-19)15(20)14(17(2)3)12-5-7-13(16)8-6-12/h5-8,14,19H,4,9-11H2,1-3H3. The van der Waals surface area contributed by atoms with E-state index < -0.39 is 6.04 Å². The van der Waals surface area contributed by atoms with E-state index in [9.17, 15) is 9.18 Å². The zero-order valence-electron chi connectivity index (χ0n) is 12.3. The summed E-state index contributed by atoms with van der Waals surface area (Å²) in [5.41, 5.74) is 0.750. The number of carbonyl (C=O) groups excluding carboxylic acids is 1. The summed E-state index contributed by atoms with van der Waals surface area (Å²) < 4.78 is 13.0. The highest BCUT2D eigenvalue weighted by molar-refractivity contribution is 5.83. The average molecular weight is 282 g/mol. The number of benzene rings is 1. The molecule has 5 heteroatoms. The minimum Gasteiger partial charge on any atom is -0.395 e. The summed E-state index contributed by atoms with van der Waals surface area (Å²) in [7, 11) is 3.63. The molecular weight excluding hydrogens is 259 g/mol. The van der Waals surface area contributed by atoms with Crippen molar-refractivity contribution >= 4 is 5.91 Å². The SMILES string of the molecule is CCCN(CCO)C(=O)C(c1ccc(F)cc1)N(C)C. The third kappa shape index (κ3) is 4.28. The summed E-state index contributed by atoms with van der Waals surface area (Å²) in [5.74, 6) is -0.392. The lowest BCUT2D eigenvalue weighted by Crippen LogP contribution is -2.42. The number of rotatable bonds is 7. The first kappa shape index (κ1) is 16.6. The summed E-state index contributed by atoms with van der Waals surface area (Å²) in [6, 6.07) is 5.50. The quantitative estimate of drug-likeness (QED) is 0.827. The Morgan fingerprint density at radius 1 is 1.25 bits per heavy atom. The van der Waals surface area contributed by atoms with Crippen LogP contribution in [0.3, 0.4) is 0 Å². The fourth-order valence-electron chi connectivity index (χ4n) is 2.20. The molecule has 1 N–H and O–H groups in total. The second-order valence-electron chi connectivity index (χ2n) is 4.97. The van der Waals surface area contributed by atoms with Crippen LogP contribution in [-0.2, 0) is 4.79 Å². The van der Waals surface area contributed by atoms with Gasteiger partial charge < -0.3 is 10.0 Å². The predicted octanol–water partition coefficient (Wildman–Crippen LogP) is 1.66. The van der Waals surface area contributed by atoms with Crippen LogP contribution in [0.4, 0.5) is 4.39 Å². The lowest BCUT2D eigenvalue weighted by molar-refractivity contribution is -0.137. The first-order valence-electron chi connectivity index (χ1n) is 6.82. The zero-order valence-corrected chi connectivity index (χ0v) is 12.3. The molecule has 0 aliphatic heterocycles. The van der Waals surface area contributed by atoms with Gasteiger partial charge in [-0.2, -0.15) is 0 Å². The van der Waals surface area contributed by atoms with Crippen molar-refractivity contribution < 1.29 is 14.3 Å². The minimum atomic E-state index is -0.464. The van der Waals surface area contributed by atoms with Crippen molar-refractivity contribution in [1.29, 1.82) is 0 Å². The fraction of sp³-hybridized carbons (Fsp3) is 0.533. The Labute approximate surface area is 119 Å². The fourth-order valence-corrected chi connectivity index (χ4v) is 2.20. The number of hydrogen-bond donors (Lipinski definition) is 1. The van der Waals surface area contributed by atoms with Gasteiger partial charge in [0.1, 0.15) is 11.9 Å². The minimum absolute atomic E-state index is 0.0602. The van der Waals surface area contributed by atoms with Crippen molar-refractivity contribution in [3.8, 4) is 0 Å². The van der Waals surface area contributed by atoms with E-state index in [1.54, 1.807) is 21.9 Å². The monoisotopic (exact) mass is 282 g/mol. The molecule has 0 aliphatic carbocycles. The summed E-state index contributed by atoms with van der Waals surface area (Å²) in [6.07, 6.45) is 0.829. The molecule has 0 fully saturated rings. The number of halogens is 1. The number of amides is 1. The molecule has 1 unspecified atom stereocenters. The molecule has 0 radical (unpaired) electrons. The predicted molar refractivity (Wildman–Crippen MR) is 76.8 cm³/mol. The number of aliphatic hydroxyl groups excluding tert-OH is 1. The van der Waals surface area contributed by atoms with E-state index in [1.807, 2.05) is 21.0 Å². The van der Waals surface area contributed by atoms with Crippen LogP contribution in [0.1, 0.15) is 24.9 Å². The molecule has 0 bridgehead atoms. The van der Waals surface area contributed by atoms with Gasteiger partial charge in [0.15, 0.2) is 0 Å². The molecule has 112 valence electrons. The molecule has 0 spiro atoms. The van der Waals surface area contributed by atoms with Gasteiger partial charge in [-0.3, -0.25) is 9.69 Å². The zero-order chi connectivity index (χ0) is 15.1. The lowest BCUT2D eigenvalue weighted by Gasteiger charge is -2.30. The largest absolute Gasteiger partial charge is 0.395 e. The molecule has 0 aromatic heterocycles. The van der Waals surface area contributed by atoms with Gasteiger partial charge in [0.2, 0.25) is 5.91 Å². The van der Waals surface area contributed by atoms with Crippen LogP contribution in [0.2, 0.25) is 0 Å². The van der Waals surface area contributed by atoms with Crippen LogP contribution < -0.4 is 0 Å². The third-order valence-electron chi connectivity index (χ3n) is 3.11. The Hall–Kier alpha value is -1.46. The average Bonchev–Trinajstić information content (AvgIpc) is 2.40. The molecule has 1 amide bonds. The Bertz CT molecular complexity index is 414. The number of hydrogen-bond acceptors (Lipinski definition) is 3. The second kappa shape index (κ2) is 7.97. The van der Waals surface area contributed by atoms with Crippen LogP contribution in [0.5, 0.6) is 0 Å². The van der Waals surface area contributed by atoms with Crippen molar-refractivity contribution in [1.82, 2.24) is 9.80 Å². The normalized spacial score (nSPS) is 12.5. The first-order valence-corrected chi connectivity index (χ1v) is 6.82. The lowest BCUT2D eigenvalue weighted by atomic mass is 10.0. The third-order valence-corrected chi connectivity index (χ3v) is 3.11. The molecule has 0 aliphatic rings. The summed E-state index contributed by atoms with van der Waals surface area (Å²) in [5, 5.41) is 9.08. The van der Waals surface area contributed by atoms with E-state index in [4.69, 9.17) is 5.11 Å². The van der Waals surface area contributed by atoms with Crippen molar-refractivity contribution in [2.45, 2.75) is 19.4 Å². The molecule has 1 rings (SSSR count). The Morgan fingerprint density at radius 3 is 2.30 bits per heavy atom. The van der Waals surface area contributed by atoms with Crippen LogP contribution in [0.25, 0.3) is 0 Å². The highest BCUT2D eigenvalue weighted by atomic mass is 19.1. The van der Waals surface area contributed by atoms with E-state index in [0.29, 0.717) is 13.1 Å². The molecule has 1 aromatic carbocycles. The summed E-state index contributed by atoms with van der Waals surface area (Å²) in [6.45, 7) is 2.85. The Morgan fingerprint density at radius 2 is 1.85 bits per heavy atom. The van der Waals surface area contributed by atoms with Crippen molar-refractivity contribution in [2.75, 3.05) is 33.8 Å². The summed E-state index contributed by atoms with van der Waals surface area (Å²) in [4.78, 5) is 16.1. The maximum absolute atomic E-state index is 13.0. The number of aliphatic hydroxyl groups is 1. The van der Waals surface area contributed by atoms with Gasteiger partial charge in [-0.15, -0.1) is 0 Å². The van der Waals surface area contributed by atoms with Crippen LogP contribution >= 0.6 is 0 Å². The molecule has 20 heavy (non-hydrogen) atoms. The van der Waals surface area contributed by atoms with Crippen molar-refractivity contribution in [3.05, 3.63) is 35.6 Å². The second-order valence-corrected chi connectivity index (χ2v) is 4.97. The number of carbonyl (C=O) groups is 1. The molecule has 0 saturated heterocycles. The van der Waals surface area contributed by atoms with E-state index >= 15 is 0 Å². The van der Waals surface area contributed by atoms with E-state index in [1.165, 1.54) is 12.1 Å². The molecule has 0 saturated carbocycles. The first-order chi connectivity index (χ1) is 9.51. The van der Waals surface area contributed by atoms with Crippen molar-refractivity contribution in [2.24, 2.45) is 0 Å². The summed E-state index contributed by atoms with van der Waals surface area (Å²) >= 11 is 0. The van der Waals surface area contributed by atoms with Crippen molar-refractivity contribution in [3.63, 3.8) is 0 Å². The van der Waals surface area contributed by atoms with Gasteiger partial charge in [-0.25, -0.2) is 4.39 Å². The van der Waals surface area contributed by atoms with Crippen LogP contribution in [0, 0.1) is 5.82 Å². The van der Waals surface area contributed by atoms with Gasteiger partial charge >= 0.3 is 0 Å². The molecule has 4 nitrogen and oxygen atoms in total. The van der Waals surface area contributed by atoms with Gasteiger partial charge in [0.25, 0.3) is 0 Å². The maximum atomic E-state index is 13.0. The highest BCUT2D eigenvalue weighted by Crippen LogP contribution is 2.21. The van der Waals surface area contributed by atoms with Gasteiger partial charge in [-0.05, 0) is 38.2 Å². The topological polar surface area (TPSA) is 43.8 Å². The maximum Gasteiger partial charge on any atom is 0.244 e. The van der Waals surface area contributed by atoms with Crippen LogP contribution in [0.15, 0.2) is 24.3 Å². The molecule has 1 aromatic rings. The number of likely N-dealkylation sites (N-methyl/N-ethyl adjacent to an activating group) is 1. The highest BCUT2D eigenvalue weighted by Gasteiger charge is 2.27. The van der Waals surface area contributed by atoms with Crippen LogP contribution in [-0.4, -0.2) is 54.6 Å². The molecule has 1 atom stereocenters. The smallest absolute Gasteiger partial charge is 0.244 e. The Balaban J connectivity index is 2.99. The number of nitrogens with zero attached hydrogens (tertiary/aromatic N) is 2. The Kier molecular flexibility index (Phi) is 6.61. The van der Waals surface area contributed by atoms with Gasteiger partial charge in [0, 0.05) is 13.1 Å². The van der Waals surface area contributed by atoms with E-state index in [2.05, 4.69) is 0 Å². The van der Waals surface area contributed by atoms with E-state index in [0.717, 1.165) is 12.0 Å².